The molecule has 0 radical (unpaired) electrons. The zero-order chi connectivity index (χ0) is 20.1. The summed E-state index contributed by atoms with van der Waals surface area (Å²) < 4.78 is 15.8. The molecule has 1 aromatic heterocycles. The summed E-state index contributed by atoms with van der Waals surface area (Å²) in [5.41, 5.74) is 3.37. The third-order valence-corrected chi connectivity index (χ3v) is 9.83. The number of ether oxygens (including phenoxy) is 2. The predicted octanol–water partition coefficient (Wildman–Crippen LogP) is 2.10. The van der Waals surface area contributed by atoms with Gasteiger partial charge in [0.05, 0.1) is 12.1 Å². The summed E-state index contributed by atoms with van der Waals surface area (Å²) in [5, 5.41) is 0. The molecule has 5 unspecified atom stereocenters. The SMILES string of the molecule is COC(OC)c1cccc2c1C1C3C(C2n2c(=O)n(C)c(=O)n21)C3[Si](C)(C)C. The van der Waals surface area contributed by atoms with Crippen LogP contribution in [-0.4, -0.2) is 36.2 Å². The van der Waals surface area contributed by atoms with Crippen LogP contribution in [0.2, 0.25) is 25.2 Å². The van der Waals surface area contributed by atoms with Crippen molar-refractivity contribution in [3.05, 3.63) is 55.9 Å². The van der Waals surface area contributed by atoms with E-state index in [2.05, 4.69) is 25.7 Å². The molecule has 0 saturated heterocycles. The molecule has 2 aliphatic carbocycles. The lowest BCUT2D eigenvalue weighted by Crippen LogP contribution is -2.45. The highest BCUT2D eigenvalue weighted by molar-refractivity contribution is 6.78. The average molecular weight is 402 g/mol. The zero-order valence-corrected chi connectivity index (χ0v) is 18.2. The highest BCUT2D eigenvalue weighted by Crippen LogP contribution is 2.73. The molecule has 8 heteroatoms. The normalized spacial score (nSPS) is 29.6. The van der Waals surface area contributed by atoms with E-state index in [1.807, 2.05) is 12.1 Å². The number of hydrogen-bond donors (Lipinski definition) is 0. The van der Waals surface area contributed by atoms with Crippen molar-refractivity contribution in [2.24, 2.45) is 18.9 Å². The molecule has 5 atom stereocenters. The molecule has 0 amide bonds. The van der Waals surface area contributed by atoms with Gasteiger partial charge in [-0.3, -0.25) is 0 Å². The number of aromatic nitrogens is 3. The van der Waals surface area contributed by atoms with Crippen molar-refractivity contribution in [2.75, 3.05) is 14.2 Å². The molecule has 4 aliphatic rings. The summed E-state index contributed by atoms with van der Waals surface area (Å²) in [6, 6.07) is 5.93. The van der Waals surface area contributed by atoms with Crippen LogP contribution in [0.5, 0.6) is 0 Å². The largest absolute Gasteiger partial charge is 0.352 e. The van der Waals surface area contributed by atoms with E-state index in [0.29, 0.717) is 17.4 Å². The van der Waals surface area contributed by atoms with E-state index in [1.54, 1.807) is 30.6 Å². The van der Waals surface area contributed by atoms with E-state index in [-0.39, 0.29) is 23.5 Å². The van der Waals surface area contributed by atoms with Crippen molar-refractivity contribution in [2.45, 2.75) is 43.6 Å². The number of nitrogens with zero attached hydrogens (tertiary/aromatic N) is 3. The molecule has 6 rings (SSSR count). The van der Waals surface area contributed by atoms with Gasteiger partial charge in [-0.05, 0) is 28.5 Å². The summed E-state index contributed by atoms with van der Waals surface area (Å²) in [7, 11) is 3.37. The van der Waals surface area contributed by atoms with Crippen molar-refractivity contribution >= 4 is 8.07 Å². The predicted molar refractivity (Wildman–Crippen MR) is 107 cm³/mol. The molecule has 7 nitrogen and oxygen atoms in total. The fourth-order valence-electron chi connectivity index (χ4n) is 6.14. The number of benzene rings is 1. The first-order chi connectivity index (χ1) is 13.2. The summed E-state index contributed by atoms with van der Waals surface area (Å²) in [6.45, 7) is 7.18. The van der Waals surface area contributed by atoms with Crippen LogP contribution in [0.25, 0.3) is 0 Å². The van der Waals surface area contributed by atoms with Crippen molar-refractivity contribution in [3.63, 3.8) is 0 Å². The van der Waals surface area contributed by atoms with Gasteiger partial charge in [0.15, 0.2) is 6.29 Å². The average Bonchev–Trinajstić information content (AvgIpc) is 3.39. The van der Waals surface area contributed by atoms with Crippen molar-refractivity contribution < 1.29 is 9.47 Å². The van der Waals surface area contributed by atoms with Gasteiger partial charge in [-0.25, -0.2) is 23.5 Å². The van der Waals surface area contributed by atoms with E-state index in [0.717, 1.165) is 16.7 Å². The second-order valence-electron chi connectivity index (χ2n) is 9.40. The second kappa shape index (κ2) is 5.58. The monoisotopic (exact) mass is 401 g/mol. The van der Waals surface area contributed by atoms with E-state index in [9.17, 15) is 9.59 Å². The minimum Gasteiger partial charge on any atom is -0.352 e. The molecule has 1 aromatic carbocycles. The van der Waals surface area contributed by atoms with E-state index in [4.69, 9.17) is 9.47 Å². The first kappa shape index (κ1) is 18.1. The van der Waals surface area contributed by atoms with Crippen LogP contribution in [0.1, 0.15) is 35.1 Å². The van der Waals surface area contributed by atoms with E-state index < -0.39 is 14.4 Å². The van der Waals surface area contributed by atoms with Crippen molar-refractivity contribution in [1.29, 1.82) is 0 Å². The molecule has 1 saturated carbocycles. The Hall–Kier alpha value is -1.90. The van der Waals surface area contributed by atoms with Gasteiger partial charge in [-0.15, -0.1) is 0 Å². The Morgan fingerprint density at radius 2 is 1.54 bits per heavy atom. The maximum atomic E-state index is 13.0. The molecule has 2 bridgehead atoms. The van der Waals surface area contributed by atoms with Gasteiger partial charge in [0.2, 0.25) is 0 Å². The van der Waals surface area contributed by atoms with Gasteiger partial charge in [-0.2, -0.15) is 0 Å². The molecule has 2 aliphatic heterocycles. The second-order valence-corrected chi connectivity index (χ2v) is 14.8. The Balaban J connectivity index is 1.82. The van der Waals surface area contributed by atoms with Gasteiger partial charge in [0.25, 0.3) is 0 Å². The number of hydrogen-bond acceptors (Lipinski definition) is 4. The van der Waals surface area contributed by atoms with Gasteiger partial charge in [0.1, 0.15) is 0 Å². The fourth-order valence-corrected chi connectivity index (χ4v) is 9.15. The molecular formula is C20H27N3O4Si. The smallest absolute Gasteiger partial charge is 0.347 e. The van der Waals surface area contributed by atoms with Crippen LogP contribution in [0.15, 0.2) is 27.8 Å². The number of rotatable bonds is 4. The van der Waals surface area contributed by atoms with Gasteiger partial charge in [0, 0.05) is 34.9 Å². The first-order valence-electron chi connectivity index (χ1n) is 9.82. The molecule has 150 valence electrons. The Labute approximate surface area is 164 Å². The van der Waals surface area contributed by atoms with E-state index >= 15 is 0 Å². The maximum Gasteiger partial charge on any atom is 0.347 e. The van der Waals surface area contributed by atoms with Crippen LogP contribution in [-0.2, 0) is 16.5 Å². The summed E-state index contributed by atoms with van der Waals surface area (Å²) in [4.78, 5) is 26.0. The first-order valence-corrected chi connectivity index (χ1v) is 13.4. The minimum absolute atomic E-state index is 0.0857. The lowest BCUT2D eigenvalue weighted by Gasteiger charge is -2.41. The summed E-state index contributed by atoms with van der Waals surface area (Å²) >= 11 is 0. The van der Waals surface area contributed by atoms with Crippen LogP contribution in [0.4, 0.5) is 0 Å². The molecule has 28 heavy (non-hydrogen) atoms. The van der Waals surface area contributed by atoms with Gasteiger partial charge in [-0.1, -0.05) is 37.8 Å². The van der Waals surface area contributed by atoms with Gasteiger partial charge < -0.3 is 9.47 Å². The standard InChI is InChI=1S/C20H27N3O4Si/c1-21-19(24)22-15-10-8-7-9-11(18(26-2)27-3)12(10)16(23(22)20(21)25)14-13(15)17(14)28(4,5)6/h7-9,13-18H,1-6H3. The fraction of sp³-hybridized carbons (Fsp3) is 0.600. The quantitative estimate of drug-likeness (QED) is 0.581. The molecule has 1 fully saturated rings. The maximum absolute atomic E-state index is 13.0. The minimum atomic E-state index is -1.46. The van der Waals surface area contributed by atoms with E-state index in [1.165, 1.54) is 4.57 Å². The molecule has 0 spiro atoms. The van der Waals surface area contributed by atoms with Crippen molar-refractivity contribution in [1.82, 2.24) is 13.9 Å². The van der Waals surface area contributed by atoms with Gasteiger partial charge >= 0.3 is 11.4 Å². The number of methoxy groups -OCH3 is 2. The highest BCUT2D eigenvalue weighted by atomic mass is 28.3. The summed E-state index contributed by atoms with van der Waals surface area (Å²) in [5.74, 6) is 0.835. The Morgan fingerprint density at radius 1 is 0.964 bits per heavy atom. The van der Waals surface area contributed by atoms with Crippen LogP contribution >= 0.6 is 0 Å². The summed E-state index contributed by atoms with van der Waals surface area (Å²) in [6.07, 6.45) is -0.489. The van der Waals surface area contributed by atoms with Crippen LogP contribution < -0.4 is 11.4 Å². The van der Waals surface area contributed by atoms with Crippen molar-refractivity contribution in [3.8, 4) is 0 Å². The molecular weight excluding hydrogens is 374 g/mol. The Bertz CT molecular complexity index is 1090. The lowest BCUT2D eigenvalue weighted by molar-refractivity contribution is -0.107. The zero-order valence-electron chi connectivity index (χ0n) is 17.2. The lowest BCUT2D eigenvalue weighted by atomic mass is 9.80. The molecule has 3 heterocycles. The Morgan fingerprint density at radius 3 is 2.11 bits per heavy atom. The molecule has 0 N–H and O–H groups in total. The highest BCUT2D eigenvalue weighted by Gasteiger charge is 2.70. The third kappa shape index (κ3) is 2.00. The topological polar surface area (TPSA) is 67.4 Å². The Kier molecular flexibility index (Phi) is 3.62. The third-order valence-electron chi connectivity index (χ3n) is 7.06. The molecule has 2 aromatic rings. The van der Waals surface area contributed by atoms with Crippen LogP contribution in [0.3, 0.4) is 0 Å². The van der Waals surface area contributed by atoms with Crippen LogP contribution in [0, 0.1) is 11.8 Å².